The number of halogens is 3. The van der Waals surface area contributed by atoms with Gasteiger partial charge in [-0.05, 0) is 55.7 Å². The minimum absolute atomic E-state index is 0.0134. The van der Waals surface area contributed by atoms with E-state index in [0.717, 1.165) is 10.0 Å². The van der Waals surface area contributed by atoms with Crippen LogP contribution in [0.25, 0.3) is 0 Å². The molecule has 0 saturated carbocycles. The van der Waals surface area contributed by atoms with Gasteiger partial charge in [0.25, 0.3) is 15.9 Å². The van der Waals surface area contributed by atoms with Crippen LogP contribution in [0.5, 0.6) is 0 Å². The molecule has 0 spiro atoms. The molecular formula is C26H25BrCl2N4O5S. The molecular weight excluding hydrogens is 631 g/mol. The number of hydrogen-bond donors (Lipinski definition) is 0. The Morgan fingerprint density at radius 3 is 2.49 bits per heavy atom. The van der Waals surface area contributed by atoms with Crippen LogP contribution in [0, 0.1) is 5.92 Å². The Morgan fingerprint density at radius 2 is 1.85 bits per heavy atom. The molecule has 206 valence electrons. The summed E-state index contributed by atoms with van der Waals surface area (Å²) in [6, 6.07) is 12.2. The molecule has 1 fully saturated rings. The molecule has 39 heavy (non-hydrogen) atoms. The minimum Gasteiger partial charge on any atom is -0.469 e. The number of benzene rings is 2. The minimum atomic E-state index is -4.15. The number of aromatic nitrogens is 2. The molecule has 0 aliphatic carbocycles. The number of nitrogens with zero attached hydrogens (tertiary/aromatic N) is 4. The van der Waals surface area contributed by atoms with Gasteiger partial charge in [-0.1, -0.05) is 51.3 Å². The van der Waals surface area contributed by atoms with E-state index in [0.29, 0.717) is 28.6 Å². The Kier molecular flexibility index (Phi) is 7.58. The molecule has 2 aromatic carbocycles. The van der Waals surface area contributed by atoms with Crippen molar-refractivity contribution in [1.82, 2.24) is 13.9 Å². The van der Waals surface area contributed by atoms with Crippen LogP contribution >= 0.6 is 39.1 Å². The van der Waals surface area contributed by atoms with Crippen LogP contribution < -0.4 is 4.90 Å². The molecule has 0 radical (unpaired) electrons. The van der Waals surface area contributed by atoms with Gasteiger partial charge in [0.15, 0.2) is 5.03 Å². The number of carbonyl (C=O) groups excluding carboxylic acids is 2. The first-order valence-corrected chi connectivity index (χ1v) is 15.2. The second kappa shape index (κ2) is 10.5. The first kappa shape index (κ1) is 28.1. The van der Waals surface area contributed by atoms with E-state index in [2.05, 4.69) is 20.9 Å². The maximum Gasteiger partial charge on any atom is 0.309 e. The number of rotatable bonds is 6. The number of amides is 1. The van der Waals surface area contributed by atoms with Gasteiger partial charge in [-0.25, -0.2) is 18.3 Å². The van der Waals surface area contributed by atoms with Crippen LogP contribution in [0.1, 0.15) is 25.3 Å². The zero-order valence-electron chi connectivity index (χ0n) is 21.1. The average molecular weight is 656 g/mol. The highest BCUT2D eigenvalue weighted by Crippen LogP contribution is 2.45. The van der Waals surface area contributed by atoms with Crippen molar-refractivity contribution in [2.45, 2.75) is 36.8 Å². The third-order valence-corrected chi connectivity index (χ3v) is 9.95. The zero-order chi connectivity index (χ0) is 28.1. The van der Waals surface area contributed by atoms with E-state index >= 15 is 0 Å². The summed E-state index contributed by atoms with van der Waals surface area (Å²) in [5.41, 5.74) is -0.155. The van der Waals surface area contributed by atoms with E-state index < -0.39 is 27.4 Å². The van der Waals surface area contributed by atoms with Gasteiger partial charge >= 0.3 is 5.97 Å². The van der Waals surface area contributed by atoms with Crippen molar-refractivity contribution in [3.05, 3.63) is 68.7 Å². The summed E-state index contributed by atoms with van der Waals surface area (Å²) in [4.78, 5) is 32.2. The summed E-state index contributed by atoms with van der Waals surface area (Å²) in [6.45, 7) is 1.92. The first-order valence-electron chi connectivity index (χ1n) is 12.2. The summed E-state index contributed by atoms with van der Waals surface area (Å²) in [5.74, 6) is -1.26. The van der Waals surface area contributed by atoms with E-state index in [1.54, 1.807) is 25.1 Å². The Hall–Kier alpha value is -2.44. The largest absolute Gasteiger partial charge is 0.469 e. The number of hydrogen-bond acceptors (Lipinski definition) is 6. The second-order valence-corrected chi connectivity index (χ2v) is 13.5. The van der Waals surface area contributed by atoms with Crippen molar-refractivity contribution in [3.63, 3.8) is 0 Å². The van der Waals surface area contributed by atoms with E-state index in [-0.39, 0.29) is 36.4 Å². The Morgan fingerprint density at radius 1 is 1.18 bits per heavy atom. The van der Waals surface area contributed by atoms with Gasteiger partial charge < -0.3 is 4.74 Å². The number of imidazole rings is 1. The summed E-state index contributed by atoms with van der Waals surface area (Å²) < 4.78 is 36.6. The molecule has 2 aliphatic rings. The Balaban J connectivity index is 1.64. The molecule has 1 amide bonds. The predicted octanol–water partition coefficient (Wildman–Crippen LogP) is 5.16. The normalized spacial score (nSPS) is 21.7. The molecule has 1 aromatic heterocycles. The number of esters is 1. The SMILES string of the molecule is COC(=O)C1CCCN(S(=O)(=O)c2cnc3n2[C@](C)(Cc2ccc(Br)cc2)C(=O)N3c2cc(Cl)cc(Cl)c2)C1. The van der Waals surface area contributed by atoms with Crippen molar-refractivity contribution in [1.29, 1.82) is 0 Å². The number of methoxy groups -OCH3 is 1. The molecule has 1 unspecified atom stereocenters. The van der Waals surface area contributed by atoms with Crippen LogP contribution in [0.4, 0.5) is 11.6 Å². The Labute approximate surface area is 244 Å². The molecule has 0 N–H and O–H groups in total. The Bertz CT molecular complexity index is 1540. The van der Waals surface area contributed by atoms with E-state index in [9.17, 15) is 18.0 Å². The van der Waals surface area contributed by atoms with E-state index in [1.807, 2.05) is 24.3 Å². The van der Waals surface area contributed by atoms with Crippen molar-refractivity contribution in [2.75, 3.05) is 25.1 Å². The molecule has 2 aliphatic heterocycles. The zero-order valence-corrected chi connectivity index (χ0v) is 25.0. The fourth-order valence-corrected chi connectivity index (χ4v) is 7.75. The third-order valence-electron chi connectivity index (χ3n) is 7.16. The highest BCUT2D eigenvalue weighted by atomic mass is 79.9. The molecule has 5 rings (SSSR count). The molecule has 3 heterocycles. The number of ether oxygens (including phenoxy) is 1. The van der Waals surface area contributed by atoms with E-state index in [1.165, 1.54) is 27.1 Å². The number of carbonyl (C=O) groups is 2. The molecule has 2 atom stereocenters. The van der Waals surface area contributed by atoms with Gasteiger partial charge in [0.1, 0.15) is 5.54 Å². The molecule has 3 aromatic rings. The number of fused-ring (bicyclic) bond motifs is 1. The third kappa shape index (κ3) is 4.99. The van der Waals surface area contributed by atoms with Gasteiger partial charge in [0, 0.05) is 34.0 Å². The average Bonchev–Trinajstić information content (AvgIpc) is 3.43. The monoisotopic (exact) mass is 654 g/mol. The van der Waals surface area contributed by atoms with Crippen LogP contribution in [-0.2, 0) is 36.3 Å². The fraction of sp³-hybridized carbons (Fsp3) is 0.346. The van der Waals surface area contributed by atoms with Gasteiger partial charge in [0.2, 0.25) is 5.95 Å². The molecule has 1 saturated heterocycles. The lowest BCUT2D eigenvalue weighted by Gasteiger charge is -2.32. The van der Waals surface area contributed by atoms with Crippen molar-refractivity contribution in [3.8, 4) is 0 Å². The van der Waals surface area contributed by atoms with Crippen LogP contribution in [-0.4, -0.2) is 54.3 Å². The lowest BCUT2D eigenvalue weighted by Crippen LogP contribution is -2.45. The van der Waals surface area contributed by atoms with Gasteiger partial charge in [-0.15, -0.1) is 0 Å². The number of piperidine rings is 1. The summed E-state index contributed by atoms with van der Waals surface area (Å²) in [6.07, 6.45) is 2.49. The fourth-order valence-electron chi connectivity index (χ4n) is 5.27. The number of sulfonamides is 1. The smallest absolute Gasteiger partial charge is 0.309 e. The highest BCUT2D eigenvalue weighted by molar-refractivity contribution is 9.10. The van der Waals surface area contributed by atoms with E-state index in [4.69, 9.17) is 27.9 Å². The molecule has 0 bridgehead atoms. The molecule has 9 nitrogen and oxygen atoms in total. The lowest BCUT2D eigenvalue weighted by molar-refractivity contribution is -0.146. The van der Waals surface area contributed by atoms with Crippen LogP contribution in [0.3, 0.4) is 0 Å². The maximum absolute atomic E-state index is 14.2. The van der Waals surface area contributed by atoms with Crippen LogP contribution in [0.15, 0.2) is 58.2 Å². The first-order chi connectivity index (χ1) is 18.5. The quantitative estimate of drug-likeness (QED) is 0.340. The lowest BCUT2D eigenvalue weighted by atomic mass is 9.92. The van der Waals surface area contributed by atoms with Crippen LogP contribution in [0.2, 0.25) is 10.0 Å². The summed E-state index contributed by atoms with van der Waals surface area (Å²) in [7, 11) is -2.86. The van der Waals surface area contributed by atoms with Crippen molar-refractivity contribution < 1.29 is 22.7 Å². The standard InChI is InChI=1S/C26H25BrCl2N4O5S/c1-26(13-16-5-7-18(27)8-6-16)24(35)32(21-11-19(28)10-20(29)12-21)25-30-14-22(33(25)26)39(36,37)31-9-3-4-17(15-31)23(34)38-2/h5-8,10-12,14,17H,3-4,9,13,15H2,1-2H3/t17?,26-/m1/s1. The van der Waals surface area contributed by atoms with Crippen molar-refractivity contribution in [2.24, 2.45) is 5.92 Å². The van der Waals surface area contributed by atoms with Crippen molar-refractivity contribution >= 4 is 72.7 Å². The van der Waals surface area contributed by atoms with Gasteiger partial charge in [-0.2, -0.15) is 4.31 Å². The predicted molar refractivity (Wildman–Crippen MR) is 151 cm³/mol. The maximum atomic E-state index is 14.2. The second-order valence-electron chi connectivity index (χ2n) is 9.80. The topological polar surface area (TPSA) is 102 Å². The van der Waals surface area contributed by atoms with Gasteiger partial charge in [0.05, 0.1) is 24.9 Å². The number of anilines is 2. The van der Waals surface area contributed by atoms with Gasteiger partial charge in [-0.3, -0.25) is 14.2 Å². The molecule has 13 heteroatoms. The summed E-state index contributed by atoms with van der Waals surface area (Å²) >= 11 is 15.9. The summed E-state index contributed by atoms with van der Waals surface area (Å²) in [5, 5.41) is 0.506. The highest BCUT2D eigenvalue weighted by Gasteiger charge is 2.52.